The zero-order valence-electron chi connectivity index (χ0n) is 15.7. The molecule has 6 heteroatoms. The Labute approximate surface area is 163 Å². The van der Waals surface area contributed by atoms with Crippen LogP contribution in [0, 0.1) is 0 Å². The Balaban J connectivity index is 1.67. The molecule has 0 unspecified atom stereocenters. The first kappa shape index (κ1) is 19.1. The van der Waals surface area contributed by atoms with E-state index in [0.29, 0.717) is 29.2 Å². The van der Waals surface area contributed by atoms with Crippen LogP contribution in [0.1, 0.15) is 34.6 Å². The smallest absolute Gasteiger partial charge is 0.257 e. The molecule has 1 heterocycles. The lowest BCUT2D eigenvalue weighted by Gasteiger charge is -2.12. The number of pyridine rings is 1. The van der Waals surface area contributed by atoms with Crippen molar-refractivity contribution in [3.8, 4) is 5.75 Å². The lowest BCUT2D eigenvalue weighted by atomic mass is 10.1. The quantitative estimate of drug-likeness (QED) is 0.586. The van der Waals surface area contributed by atoms with Crippen LogP contribution in [0.5, 0.6) is 5.75 Å². The summed E-state index contributed by atoms with van der Waals surface area (Å²) in [4.78, 5) is 28.0. The minimum absolute atomic E-state index is 0.0175. The van der Waals surface area contributed by atoms with Gasteiger partial charge in [-0.1, -0.05) is 12.1 Å². The Morgan fingerprint density at radius 1 is 0.964 bits per heavy atom. The van der Waals surface area contributed by atoms with E-state index in [4.69, 9.17) is 4.74 Å². The van der Waals surface area contributed by atoms with Crippen molar-refractivity contribution in [1.82, 2.24) is 4.98 Å². The van der Waals surface area contributed by atoms with Gasteiger partial charge in [-0.15, -0.1) is 0 Å². The van der Waals surface area contributed by atoms with Gasteiger partial charge in [-0.25, -0.2) is 4.98 Å². The Morgan fingerprint density at radius 2 is 1.68 bits per heavy atom. The van der Waals surface area contributed by atoms with Gasteiger partial charge in [-0.2, -0.15) is 0 Å². The van der Waals surface area contributed by atoms with Crippen LogP contribution in [0.25, 0.3) is 0 Å². The summed E-state index contributed by atoms with van der Waals surface area (Å²) in [5.74, 6) is 1.05. The van der Waals surface area contributed by atoms with Crippen molar-refractivity contribution in [3.05, 3.63) is 78.0 Å². The molecule has 2 aromatic carbocycles. The summed E-state index contributed by atoms with van der Waals surface area (Å²) in [6.45, 7) is 4.00. The van der Waals surface area contributed by atoms with Gasteiger partial charge in [0.25, 0.3) is 5.91 Å². The molecule has 0 bridgehead atoms. The highest BCUT2D eigenvalue weighted by molar-refractivity contribution is 6.04. The molecule has 0 aliphatic rings. The SMILES string of the molecule is CCOc1ccccc1Nc1ccc(C(=O)Nc2ccc(C(C)=O)cc2)cn1. The van der Waals surface area contributed by atoms with Crippen LogP contribution >= 0.6 is 0 Å². The van der Waals surface area contributed by atoms with E-state index in [0.717, 1.165) is 11.4 Å². The van der Waals surface area contributed by atoms with Gasteiger partial charge in [0.05, 0.1) is 17.9 Å². The van der Waals surface area contributed by atoms with Crippen LogP contribution in [0.2, 0.25) is 0 Å². The number of amides is 1. The van der Waals surface area contributed by atoms with Crippen molar-refractivity contribution in [2.75, 3.05) is 17.2 Å². The molecule has 0 spiro atoms. The predicted octanol–water partition coefficient (Wildman–Crippen LogP) is 4.68. The summed E-state index contributed by atoms with van der Waals surface area (Å²) < 4.78 is 5.59. The summed E-state index contributed by atoms with van der Waals surface area (Å²) in [5.41, 5.74) is 2.45. The van der Waals surface area contributed by atoms with Crippen LogP contribution in [-0.4, -0.2) is 23.3 Å². The molecule has 1 aromatic heterocycles. The molecule has 0 atom stereocenters. The van der Waals surface area contributed by atoms with E-state index in [1.54, 1.807) is 36.4 Å². The highest BCUT2D eigenvalue weighted by atomic mass is 16.5. The molecular weight excluding hydrogens is 354 g/mol. The lowest BCUT2D eigenvalue weighted by molar-refractivity contribution is 0.101. The van der Waals surface area contributed by atoms with Gasteiger partial charge in [0.15, 0.2) is 5.78 Å². The summed E-state index contributed by atoms with van der Waals surface area (Å²) in [5, 5.41) is 5.98. The maximum Gasteiger partial charge on any atom is 0.257 e. The Hall–Kier alpha value is -3.67. The van der Waals surface area contributed by atoms with E-state index >= 15 is 0 Å². The van der Waals surface area contributed by atoms with Crippen molar-refractivity contribution >= 4 is 28.9 Å². The second-order valence-electron chi connectivity index (χ2n) is 6.07. The van der Waals surface area contributed by atoms with Crippen LogP contribution in [-0.2, 0) is 0 Å². The topological polar surface area (TPSA) is 80.3 Å². The van der Waals surface area contributed by atoms with Gasteiger partial charge in [-0.05, 0) is 62.4 Å². The van der Waals surface area contributed by atoms with Crippen LogP contribution in [0.4, 0.5) is 17.2 Å². The van der Waals surface area contributed by atoms with E-state index in [2.05, 4.69) is 15.6 Å². The third kappa shape index (κ3) is 4.73. The molecule has 1 amide bonds. The van der Waals surface area contributed by atoms with Crippen molar-refractivity contribution in [2.45, 2.75) is 13.8 Å². The average Bonchev–Trinajstić information content (AvgIpc) is 2.70. The van der Waals surface area contributed by atoms with Crippen molar-refractivity contribution in [2.24, 2.45) is 0 Å². The molecule has 2 N–H and O–H groups in total. The normalized spacial score (nSPS) is 10.2. The van der Waals surface area contributed by atoms with E-state index in [1.165, 1.54) is 13.1 Å². The zero-order chi connectivity index (χ0) is 19.9. The monoisotopic (exact) mass is 375 g/mol. The van der Waals surface area contributed by atoms with Gasteiger partial charge in [-0.3, -0.25) is 9.59 Å². The largest absolute Gasteiger partial charge is 0.492 e. The Kier molecular flexibility index (Phi) is 6.01. The van der Waals surface area contributed by atoms with Gasteiger partial charge in [0.2, 0.25) is 0 Å². The molecule has 28 heavy (non-hydrogen) atoms. The molecule has 6 nitrogen and oxygen atoms in total. The lowest BCUT2D eigenvalue weighted by Crippen LogP contribution is -2.12. The van der Waals surface area contributed by atoms with E-state index < -0.39 is 0 Å². The molecule has 0 aliphatic carbocycles. The van der Waals surface area contributed by atoms with Gasteiger partial charge in [0, 0.05) is 17.4 Å². The summed E-state index contributed by atoms with van der Waals surface area (Å²) in [7, 11) is 0. The second kappa shape index (κ2) is 8.81. The first-order valence-corrected chi connectivity index (χ1v) is 8.94. The van der Waals surface area contributed by atoms with Crippen molar-refractivity contribution in [1.29, 1.82) is 0 Å². The summed E-state index contributed by atoms with van der Waals surface area (Å²) in [6, 6.07) is 17.8. The average molecular weight is 375 g/mol. The van der Waals surface area contributed by atoms with Gasteiger partial charge in [0.1, 0.15) is 11.6 Å². The number of benzene rings is 2. The number of hydrogen-bond acceptors (Lipinski definition) is 5. The first-order chi connectivity index (χ1) is 13.6. The fraction of sp³-hybridized carbons (Fsp3) is 0.136. The second-order valence-corrected chi connectivity index (χ2v) is 6.07. The number of nitrogens with one attached hydrogen (secondary N) is 2. The maximum atomic E-state index is 12.4. The molecule has 142 valence electrons. The minimum Gasteiger partial charge on any atom is -0.492 e. The van der Waals surface area contributed by atoms with E-state index in [1.807, 2.05) is 31.2 Å². The van der Waals surface area contributed by atoms with Crippen LogP contribution < -0.4 is 15.4 Å². The number of ketones is 1. The fourth-order valence-corrected chi connectivity index (χ4v) is 2.58. The number of hydrogen-bond donors (Lipinski definition) is 2. The van der Waals surface area contributed by atoms with Crippen molar-refractivity contribution in [3.63, 3.8) is 0 Å². The number of Topliss-reactive ketones (excluding diaryl/α,β-unsaturated/α-hetero) is 1. The van der Waals surface area contributed by atoms with Gasteiger partial charge >= 0.3 is 0 Å². The number of carbonyl (C=O) groups excluding carboxylic acids is 2. The first-order valence-electron chi connectivity index (χ1n) is 8.94. The molecular formula is C22H21N3O3. The fourth-order valence-electron chi connectivity index (χ4n) is 2.58. The molecule has 0 saturated carbocycles. The minimum atomic E-state index is -0.274. The standard InChI is InChI=1S/C22H21N3O3/c1-3-28-20-7-5-4-6-19(20)25-21-13-10-17(14-23-21)22(27)24-18-11-8-16(9-12-18)15(2)26/h4-14H,3H2,1-2H3,(H,23,25)(H,24,27). The number of aromatic nitrogens is 1. The number of para-hydroxylation sites is 2. The molecule has 3 aromatic rings. The van der Waals surface area contributed by atoms with Crippen molar-refractivity contribution < 1.29 is 14.3 Å². The number of nitrogens with zero attached hydrogens (tertiary/aromatic N) is 1. The summed E-state index contributed by atoms with van der Waals surface area (Å²) in [6.07, 6.45) is 1.50. The van der Waals surface area contributed by atoms with E-state index in [9.17, 15) is 9.59 Å². The van der Waals surface area contributed by atoms with Gasteiger partial charge < -0.3 is 15.4 Å². The maximum absolute atomic E-state index is 12.4. The molecule has 3 rings (SSSR count). The number of carbonyl (C=O) groups is 2. The summed E-state index contributed by atoms with van der Waals surface area (Å²) >= 11 is 0. The molecule has 0 fully saturated rings. The molecule has 0 radical (unpaired) electrons. The highest BCUT2D eigenvalue weighted by Crippen LogP contribution is 2.26. The zero-order valence-corrected chi connectivity index (χ0v) is 15.7. The van der Waals surface area contributed by atoms with E-state index in [-0.39, 0.29) is 11.7 Å². The number of anilines is 3. The molecule has 0 aliphatic heterocycles. The number of ether oxygens (including phenoxy) is 1. The third-order valence-corrected chi connectivity index (χ3v) is 4.02. The van der Waals surface area contributed by atoms with Crippen LogP contribution in [0.3, 0.4) is 0 Å². The van der Waals surface area contributed by atoms with Crippen LogP contribution in [0.15, 0.2) is 66.9 Å². The molecule has 0 saturated heterocycles. The Bertz CT molecular complexity index is 967. The Morgan fingerprint density at radius 3 is 2.32 bits per heavy atom. The third-order valence-electron chi connectivity index (χ3n) is 4.02. The predicted molar refractivity (Wildman–Crippen MR) is 110 cm³/mol. The number of rotatable bonds is 7. The highest BCUT2D eigenvalue weighted by Gasteiger charge is 2.09.